The SMILES string of the molecule is NC(=O)c1cc2c(Oc3ccc(CC(=O)CC4CC4)c(Cl)c3)ccnc2cc1CO.NC(=O)c1cc2c(Oc3ccc(N)c(Cl)c3)ccnc2cc1CO. The van der Waals surface area contributed by atoms with E-state index in [0.29, 0.717) is 90.4 Å². The zero-order valence-corrected chi connectivity index (χ0v) is 30.2. The molecule has 2 amide bonds. The summed E-state index contributed by atoms with van der Waals surface area (Å²) in [6, 6.07) is 19.8. The molecule has 54 heavy (non-hydrogen) atoms. The molecule has 0 atom stereocenters. The Balaban J connectivity index is 0.000000189. The van der Waals surface area contributed by atoms with Gasteiger partial charge in [-0.05, 0) is 96.1 Å². The number of nitrogen functional groups attached to an aromatic ring is 1. The van der Waals surface area contributed by atoms with Gasteiger partial charge in [-0.1, -0.05) is 29.3 Å². The number of Topliss-reactive ketones (excluding diaryl/α,β-unsaturated/α-hetero) is 1. The highest BCUT2D eigenvalue weighted by molar-refractivity contribution is 6.33. The first kappa shape index (κ1) is 38.0. The third-order valence-corrected chi connectivity index (χ3v) is 9.46. The number of carbonyl (C=O) groups excluding carboxylic acids is 3. The minimum Gasteiger partial charge on any atom is -0.457 e. The number of benzene rings is 4. The van der Waals surface area contributed by atoms with Gasteiger partial charge in [-0.25, -0.2) is 0 Å². The van der Waals surface area contributed by atoms with Gasteiger partial charge in [-0.2, -0.15) is 0 Å². The molecule has 2 heterocycles. The molecule has 0 radical (unpaired) electrons. The van der Waals surface area contributed by atoms with Gasteiger partial charge in [-0.15, -0.1) is 0 Å². The van der Waals surface area contributed by atoms with Crippen molar-refractivity contribution in [1.29, 1.82) is 0 Å². The summed E-state index contributed by atoms with van der Waals surface area (Å²) >= 11 is 12.4. The number of primary amides is 2. The van der Waals surface area contributed by atoms with E-state index in [2.05, 4.69) is 9.97 Å². The molecule has 6 aromatic rings. The summed E-state index contributed by atoms with van der Waals surface area (Å²) in [4.78, 5) is 44.0. The molecular formula is C40H35Cl2N5O7. The molecule has 0 spiro atoms. The number of aliphatic hydroxyl groups excluding tert-OH is 2. The molecule has 8 N–H and O–H groups in total. The van der Waals surface area contributed by atoms with E-state index in [-0.39, 0.29) is 30.1 Å². The van der Waals surface area contributed by atoms with Crippen LogP contribution in [-0.4, -0.2) is 37.8 Å². The van der Waals surface area contributed by atoms with Gasteiger partial charge in [0.15, 0.2) is 0 Å². The van der Waals surface area contributed by atoms with Crippen LogP contribution in [-0.2, 0) is 24.4 Å². The van der Waals surface area contributed by atoms with Gasteiger partial charge in [0.2, 0.25) is 11.8 Å². The van der Waals surface area contributed by atoms with Gasteiger partial charge in [0, 0.05) is 58.2 Å². The van der Waals surface area contributed by atoms with Crippen LogP contribution < -0.4 is 26.7 Å². The normalized spacial score (nSPS) is 12.2. The van der Waals surface area contributed by atoms with Crippen molar-refractivity contribution in [3.8, 4) is 23.0 Å². The van der Waals surface area contributed by atoms with E-state index in [0.717, 1.165) is 18.4 Å². The molecule has 2 aromatic heterocycles. The number of ketones is 1. The number of aliphatic hydroxyl groups is 2. The van der Waals surface area contributed by atoms with Crippen LogP contribution in [0.4, 0.5) is 5.69 Å². The van der Waals surface area contributed by atoms with Crippen molar-refractivity contribution < 1.29 is 34.1 Å². The Bertz CT molecular complexity index is 2420. The van der Waals surface area contributed by atoms with Crippen LogP contribution in [0, 0.1) is 5.92 Å². The van der Waals surface area contributed by atoms with Crippen molar-refractivity contribution in [2.45, 2.75) is 38.9 Å². The first-order chi connectivity index (χ1) is 25.9. The Morgan fingerprint density at radius 2 is 1.19 bits per heavy atom. The van der Waals surface area contributed by atoms with Crippen molar-refractivity contribution in [1.82, 2.24) is 9.97 Å². The molecule has 0 aliphatic heterocycles. The van der Waals surface area contributed by atoms with Gasteiger partial charge in [0.05, 0.1) is 35.0 Å². The molecule has 0 unspecified atom stereocenters. The Morgan fingerprint density at radius 1 is 0.685 bits per heavy atom. The number of hydrogen-bond acceptors (Lipinski definition) is 10. The number of hydrogen-bond donors (Lipinski definition) is 5. The second kappa shape index (κ2) is 16.5. The average Bonchev–Trinajstić information content (AvgIpc) is 3.97. The fourth-order valence-electron chi connectivity index (χ4n) is 5.81. The van der Waals surface area contributed by atoms with Gasteiger partial charge in [0.25, 0.3) is 0 Å². The van der Waals surface area contributed by atoms with E-state index in [9.17, 15) is 24.6 Å². The summed E-state index contributed by atoms with van der Waals surface area (Å²) in [6.07, 6.45) is 6.37. The van der Waals surface area contributed by atoms with Gasteiger partial charge in [0.1, 0.15) is 28.8 Å². The van der Waals surface area contributed by atoms with E-state index in [1.165, 1.54) is 0 Å². The van der Waals surface area contributed by atoms with E-state index in [1.54, 1.807) is 85.2 Å². The number of fused-ring (bicyclic) bond motifs is 2. The summed E-state index contributed by atoms with van der Waals surface area (Å²) in [5.41, 5.74) is 20.1. The number of amides is 2. The predicted molar refractivity (Wildman–Crippen MR) is 206 cm³/mol. The van der Waals surface area contributed by atoms with Crippen molar-refractivity contribution >= 4 is 68.3 Å². The fraction of sp³-hybridized carbons (Fsp3) is 0.175. The molecule has 1 aliphatic carbocycles. The highest BCUT2D eigenvalue weighted by Crippen LogP contribution is 2.36. The second-order valence-corrected chi connectivity index (χ2v) is 13.5. The molecular weight excluding hydrogens is 733 g/mol. The average molecular weight is 769 g/mol. The fourth-order valence-corrected chi connectivity index (χ4v) is 6.22. The molecule has 1 saturated carbocycles. The molecule has 276 valence electrons. The van der Waals surface area contributed by atoms with E-state index in [1.807, 2.05) is 0 Å². The van der Waals surface area contributed by atoms with Crippen LogP contribution in [0.5, 0.6) is 23.0 Å². The lowest BCUT2D eigenvalue weighted by molar-refractivity contribution is -0.118. The van der Waals surface area contributed by atoms with Crippen LogP contribution in [0.1, 0.15) is 56.7 Å². The van der Waals surface area contributed by atoms with Crippen molar-refractivity contribution in [3.63, 3.8) is 0 Å². The molecule has 1 fully saturated rings. The molecule has 14 heteroatoms. The molecule has 0 bridgehead atoms. The third kappa shape index (κ3) is 8.87. The number of ether oxygens (including phenoxy) is 2. The maximum atomic E-state index is 12.1. The topological polar surface area (TPSA) is 214 Å². The summed E-state index contributed by atoms with van der Waals surface area (Å²) in [5, 5.41) is 20.9. The lowest BCUT2D eigenvalue weighted by Crippen LogP contribution is -2.14. The minimum atomic E-state index is -0.640. The molecule has 4 aromatic carbocycles. The number of rotatable bonds is 12. The van der Waals surface area contributed by atoms with Crippen molar-refractivity contribution in [2.75, 3.05) is 5.73 Å². The summed E-state index contributed by atoms with van der Waals surface area (Å²) in [6.45, 7) is -0.633. The number of halogens is 2. The Kier molecular flexibility index (Phi) is 11.6. The zero-order chi connectivity index (χ0) is 38.5. The zero-order valence-electron chi connectivity index (χ0n) is 28.7. The van der Waals surface area contributed by atoms with Crippen LogP contribution >= 0.6 is 23.2 Å². The lowest BCUT2D eigenvalue weighted by atomic mass is 10.0. The van der Waals surface area contributed by atoms with Crippen molar-refractivity contribution in [2.24, 2.45) is 17.4 Å². The van der Waals surface area contributed by atoms with E-state index >= 15 is 0 Å². The quantitative estimate of drug-likeness (QED) is 0.0801. The molecule has 1 aliphatic rings. The first-order valence-electron chi connectivity index (χ1n) is 16.8. The second-order valence-electron chi connectivity index (χ2n) is 12.7. The number of nitrogens with two attached hydrogens (primary N) is 3. The largest absolute Gasteiger partial charge is 0.457 e. The summed E-state index contributed by atoms with van der Waals surface area (Å²) < 4.78 is 11.8. The summed E-state index contributed by atoms with van der Waals surface area (Å²) in [7, 11) is 0. The smallest absolute Gasteiger partial charge is 0.249 e. The van der Waals surface area contributed by atoms with Gasteiger partial charge >= 0.3 is 0 Å². The highest BCUT2D eigenvalue weighted by Gasteiger charge is 2.24. The van der Waals surface area contributed by atoms with Crippen molar-refractivity contribution in [3.05, 3.63) is 123 Å². The van der Waals surface area contributed by atoms with Crippen LogP contribution in [0.2, 0.25) is 10.0 Å². The number of anilines is 1. The standard InChI is InChI=1S/C23H21ClN2O4.C17H14ClN3O3/c24-20-10-17(4-3-14(20)8-16(28)7-13-1-2-13)30-22-5-6-26-21-9-15(12-27)18(23(25)29)11-19(21)22;18-13-6-10(1-2-14(13)19)24-16-3-4-21-15-5-9(8-22)11(17(20)23)7-12(15)16/h3-6,9-11,13,27H,1-2,7-8,12H2,(H2,25,29);1-7,22H,8,19H2,(H2,20,23). The Hall–Kier alpha value is -5.79. The maximum Gasteiger partial charge on any atom is 0.249 e. The predicted octanol–water partition coefficient (Wildman–Crippen LogP) is 7.04. The first-order valence-corrected chi connectivity index (χ1v) is 17.5. The third-order valence-electron chi connectivity index (χ3n) is 8.78. The van der Waals surface area contributed by atoms with Crippen LogP contribution in [0.3, 0.4) is 0 Å². The van der Waals surface area contributed by atoms with Crippen LogP contribution in [0.25, 0.3) is 21.8 Å². The lowest BCUT2D eigenvalue weighted by Gasteiger charge is -2.12. The molecule has 7 rings (SSSR count). The number of aromatic nitrogens is 2. The van der Waals surface area contributed by atoms with Crippen LogP contribution in [0.15, 0.2) is 85.2 Å². The monoisotopic (exact) mass is 767 g/mol. The number of carbonyl (C=O) groups is 3. The van der Waals surface area contributed by atoms with Gasteiger partial charge < -0.3 is 36.9 Å². The molecule has 12 nitrogen and oxygen atoms in total. The summed E-state index contributed by atoms with van der Waals surface area (Å²) in [5.74, 6) is 1.42. The number of nitrogens with zero attached hydrogens (tertiary/aromatic N) is 2. The number of pyridine rings is 2. The Labute approximate surface area is 319 Å². The highest BCUT2D eigenvalue weighted by atomic mass is 35.5. The maximum absolute atomic E-state index is 12.1. The minimum absolute atomic E-state index is 0.201. The molecule has 0 saturated heterocycles. The van der Waals surface area contributed by atoms with E-state index in [4.69, 9.17) is 49.9 Å². The van der Waals surface area contributed by atoms with E-state index < -0.39 is 11.8 Å². The van der Waals surface area contributed by atoms with Gasteiger partial charge in [-0.3, -0.25) is 24.4 Å². The Morgan fingerprint density at radius 3 is 1.63 bits per heavy atom.